The summed E-state index contributed by atoms with van der Waals surface area (Å²) in [5.74, 6) is 0. The van der Waals surface area contributed by atoms with E-state index in [4.69, 9.17) is 0 Å². The van der Waals surface area contributed by atoms with Gasteiger partial charge in [-0.25, -0.2) is 0 Å². The van der Waals surface area contributed by atoms with Crippen LogP contribution in [0.1, 0.15) is 5.56 Å². The van der Waals surface area contributed by atoms with Gasteiger partial charge in [0.05, 0.1) is 0 Å². The fourth-order valence-electron chi connectivity index (χ4n) is 1.28. The summed E-state index contributed by atoms with van der Waals surface area (Å²) in [6.45, 7) is 2.17. The Kier molecular flexibility index (Phi) is 2.16. The van der Waals surface area contributed by atoms with E-state index in [9.17, 15) is 0 Å². The minimum atomic E-state index is 0.562. The van der Waals surface area contributed by atoms with Gasteiger partial charge in [-0.05, 0) is 0 Å². The predicted octanol–water partition coefficient (Wildman–Crippen LogP) is 2.72. The Bertz CT molecular complexity index is 360. The first-order valence-electron chi connectivity index (χ1n) is 3.97. The zero-order chi connectivity index (χ0) is 8.39. The van der Waals surface area contributed by atoms with Crippen molar-refractivity contribution in [1.82, 2.24) is 0 Å². The molecule has 0 fully saturated rings. The first-order chi connectivity index (χ1) is 5.88. The van der Waals surface area contributed by atoms with Crippen LogP contribution < -0.4 is 0 Å². The molecule has 0 saturated heterocycles. The van der Waals surface area contributed by atoms with Crippen molar-refractivity contribution in [3.8, 4) is 10.0 Å². The molecule has 0 aliphatic heterocycles. The monoisotopic (exact) mass is 222 g/mol. The molecule has 0 bridgehead atoms. The zero-order valence-electron chi connectivity index (χ0n) is 6.95. The summed E-state index contributed by atoms with van der Waals surface area (Å²) in [6, 6.07) is 13.0. The molecule has 1 heterocycles. The topological polar surface area (TPSA) is 0 Å². The van der Waals surface area contributed by atoms with E-state index < -0.39 is 0 Å². The first kappa shape index (κ1) is 7.85. The molecule has 0 atom stereocenters. The fourth-order valence-corrected chi connectivity index (χ4v) is 3.00. The molecule has 1 aromatic carbocycles. The third-order valence-electron chi connectivity index (χ3n) is 1.93. The normalized spacial score (nSPS) is 10.1. The predicted molar refractivity (Wildman–Crippen MR) is 53.6 cm³/mol. The van der Waals surface area contributed by atoms with Crippen molar-refractivity contribution in [3.05, 3.63) is 46.9 Å². The SMILES string of the molecule is Cc1ccccc1-c1ccc[se]1. The molecule has 0 N–H and O–H groups in total. The minimum absolute atomic E-state index is 0.562. The quantitative estimate of drug-likeness (QED) is 0.649. The Labute approximate surface area is 78.6 Å². The number of hydrogen-bond acceptors (Lipinski definition) is 0. The average Bonchev–Trinajstić information content (AvgIpc) is 2.57. The molecule has 12 heavy (non-hydrogen) atoms. The van der Waals surface area contributed by atoms with E-state index in [-0.39, 0.29) is 0 Å². The zero-order valence-corrected chi connectivity index (χ0v) is 8.66. The molecule has 0 nitrogen and oxygen atoms in total. The molecule has 2 aromatic rings. The summed E-state index contributed by atoms with van der Waals surface area (Å²) >= 11 is 0.562. The van der Waals surface area contributed by atoms with Crippen molar-refractivity contribution in [2.45, 2.75) is 6.92 Å². The van der Waals surface area contributed by atoms with Crippen molar-refractivity contribution in [3.63, 3.8) is 0 Å². The third kappa shape index (κ3) is 1.38. The fraction of sp³-hybridized carbons (Fsp3) is 0.0909. The van der Waals surface area contributed by atoms with E-state index >= 15 is 0 Å². The van der Waals surface area contributed by atoms with Crippen LogP contribution in [-0.2, 0) is 0 Å². The summed E-state index contributed by atoms with van der Waals surface area (Å²) in [6.07, 6.45) is 0. The molecule has 0 amide bonds. The van der Waals surface area contributed by atoms with Gasteiger partial charge in [0.25, 0.3) is 0 Å². The summed E-state index contributed by atoms with van der Waals surface area (Å²) in [5.41, 5.74) is 2.80. The summed E-state index contributed by atoms with van der Waals surface area (Å²) < 4.78 is 1.50. The standard InChI is InChI=1S/C11H10Se/c1-9-5-2-3-6-10(9)11-7-4-8-12-11/h2-8H,1H3. The number of benzene rings is 1. The van der Waals surface area contributed by atoms with E-state index in [1.165, 1.54) is 15.6 Å². The molecule has 0 unspecified atom stereocenters. The Hall–Kier alpha value is -0.781. The van der Waals surface area contributed by atoms with E-state index in [1.54, 1.807) is 0 Å². The van der Waals surface area contributed by atoms with Gasteiger partial charge in [0.15, 0.2) is 0 Å². The molecule has 60 valence electrons. The maximum absolute atomic E-state index is 2.26. The Balaban J connectivity index is 2.55. The van der Waals surface area contributed by atoms with Gasteiger partial charge in [0, 0.05) is 0 Å². The van der Waals surface area contributed by atoms with Crippen LogP contribution in [0.3, 0.4) is 0 Å². The van der Waals surface area contributed by atoms with Crippen molar-refractivity contribution < 1.29 is 0 Å². The Morgan fingerprint density at radius 3 is 2.50 bits per heavy atom. The number of rotatable bonds is 1. The molecule has 0 aliphatic rings. The van der Waals surface area contributed by atoms with Gasteiger partial charge >= 0.3 is 78.3 Å². The van der Waals surface area contributed by atoms with Gasteiger partial charge in [-0.3, -0.25) is 0 Å². The summed E-state index contributed by atoms with van der Waals surface area (Å²) in [7, 11) is 0. The third-order valence-corrected chi connectivity index (χ3v) is 3.83. The van der Waals surface area contributed by atoms with Crippen LogP contribution in [0.15, 0.2) is 41.3 Å². The van der Waals surface area contributed by atoms with Crippen LogP contribution in [0.4, 0.5) is 0 Å². The van der Waals surface area contributed by atoms with Gasteiger partial charge in [-0.15, -0.1) is 0 Å². The molecule has 0 spiro atoms. The molecular formula is C11H10Se. The van der Waals surface area contributed by atoms with E-state index in [0.717, 1.165) is 0 Å². The van der Waals surface area contributed by atoms with Crippen LogP contribution in [0.2, 0.25) is 0 Å². The van der Waals surface area contributed by atoms with Crippen molar-refractivity contribution in [1.29, 1.82) is 0 Å². The van der Waals surface area contributed by atoms with Crippen molar-refractivity contribution in [2.24, 2.45) is 0 Å². The molecule has 0 saturated carbocycles. The maximum atomic E-state index is 2.26. The van der Waals surface area contributed by atoms with Crippen molar-refractivity contribution in [2.75, 3.05) is 0 Å². The summed E-state index contributed by atoms with van der Waals surface area (Å²) in [4.78, 5) is 2.26. The molecule has 2 rings (SSSR count). The van der Waals surface area contributed by atoms with Crippen LogP contribution >= 0.6 is 0 Å². The second kappa shape index (κ2) is 3.30. The van der Waals surface area contributed by atoms with Crippen LogP contribution in [-0.4, -0.2) is 14.5 Å². The van der Waals surface area contributed by atoms with E-state index in [1.807, 2.05) is 0 Å². The van der Waals surface area contributed by atoms with Gasteiger partial charge in [-0.1, -0.05) is 0 Å². The molecule has 1 heteroatoms. The average molecular weight is 221 g/mol. The second-order valence-electron chi connectivity index (χ2n) is 2.79. The van der Waals surface area contributed by atoms with Crippen LogP contribution in [0, 0.1) is 6.92 Å². The first-order valence-corrected chi connectivity index (χ1v) is 5.82. The van der Waals surface area contributed by atoms with Gasteiger partial charge in [0.1, 0.15) is 0 Å². The van der Waals surface area contributed by atoms with Gasteiger partial charge in [-0.2, -0.15) is 0 Å². The van der Waals surface area contributed by atoms with E-state index in [2.05, 4.69) is 48.3 Å². The van der Waals surface area contributed by atoms with E-state index in [0.29, 0.717) is 14.5 Å². The second-order valence-corrected chi connectivity index (χ2v) is 4.78. The van der Waals surface area contributed by atoms with Gasteiger partial charge in [0.2, 0.25) is 0 Å². The van der Waals surface area contributed by atoms with Crippen LogP contribution in [0.25, 0.3) is 10.0 Å². The number of aryl methyl sites for hydroxylation is 1. The molecule has 1 aromatic heterocycles. The Morgan fingerprint density at radius 1 is 1.00 bits per heavy atom. The Morgan fingerprint density at radius 2 is 1.83 bits per heavy atom. The molecule has 0 radical (unpaired) electrons. The molecular weight excluding hydrogens is 211 g/mol. The summed E-state index contributed by atoms with van der Waals surface area (Å²) in [5, 5.41) is 0. The van der Waals surface area contributed by atoms with Crippen molar-refractivity contribution >= 4 is 14.5 Å². The van der Waals surface area contributed by atoms with Crippen LogP contribution in [0.5, 0.6) is 0 Å². The number of hydrogen-bond donors (Lipinski definition) is 0. The molecule has 0 aliphatic carbocycles. The van der Waals surface area contributed by atoms with Gasteiger partial charge < -0.3 is 0 Å².